The first-order chi connectivity index (χ1) is 12.0. The molecule has 1 aromatic heterocycles. The lowest BCUT2D eigenvalue weighted by Gasteiger charge is -2.20. The Labute approximate surface area is 156 Å². The van der Waals surface area contributed by atoms with E-state index in [0.717, 1.165) is 17.3 Å². The highest BCUT2D eigenvalue weighted by atomic mass is 79.9. The fourth-order valence-electron chi connectivity index (χ4n) is 2.41. The van der Waals surface area contributed by atoms with Crippen molar-refractivity contribution in [2.24, 2.45) is 5.92 Å². The van der Waals surface area contributed by atoms with Gasteiger partial charge in [-0.3, -0.25) is 4.79 Å². The molecule has 0 saturated carbocycles. The Morgan fingerprint density at radius 1 is 1.32 bits per heavy atom. The second kappa shape index (κ2) is 9.53. The highest BCUT2D eigenvalue weighted by molar-refractivity contribution is 9.10. The van der Waals surface area contributed by atoms with Crippen molar-refractivity contribution in [1.29, 1.82) is 0 Å². The zero-order chi connectivity index (χ0) is 18.2. The summed E-state index contributed by atoms with van der Waals surface area (Å²) in [4.78, 5) is 16.8. The predicted molar refractivity (Wildman–Crippen MR) is 101 cm³/mol. The number of benzene rings is 1. The number of ether oxygens (including phenoxy) is 1. The fourth-order valence-corrected chi connectivity index (χ4v) is 2.67. The van der Waals surface area contributed by atoms with Crippen molar-refractivity contribution in [3.63, 3.8) is 0 Å². The Hall–Kier alpha value is -1.92. The van der Waals surface area contributed by atoms with Gasteiger partial charge in [0.05, 0.1) is 0 Å². The maximum absolute atomic E-state index is 12.6. The van der Waals surface area contributed by atoms with Crippen molar-refractivity contribution in [2.45, 2.75) is 32.7 Å². The minimum Gasteiger partial charge on any atom is -0.438 e. The second-order valence-corrected chi connectivity index (χ2v) is 6.93. The number of hydrogen-bond donors (Lipinski definition) is 2. The Morgan fingerprint density at radius 3 is 2.68 bits per heavy atom. The number of amides is 1. The number of nitrogens with zero attached hydrogens (tertiary/aromatic N) is 1. The molecule has 6 heteroatoms. The van der Waals surface area contributed by atoms with Gasteiger partial charge in [0.15, 0.2) is 0 Å². The van der Waals surface area contributed by atoms with E-state index in [1.807, 2.05) is 26.0 Å². The van der Waals surface area contributed by atoms with Gasteiger partial charge in [0.1, 0.15) is 11.3 Å². The Kier molecular flexibility index (Phi) is 7.40. The molecule has 2 atom stereocenters. The molecule has 25 heavy (non-hydrogen) atoms. The first-order valence-corrected chi connectivity index (χ1v) is 9.13. The van der Waals surface area contributed by atoms with Crippen LogP contribution in [0.2, 0.25) is 0 Å². The molecular weight excluding hydrogens is 384 g/mol. The van der Waals surface area contributed by atoms with Crippen LogP contribution < -0.4 is 10.1 Å². The van der Waals surface area contributed by atoms with Crippen LogP contribution in [0.1, 0.15) is 37.0 Å². The molecule has 0 spiro atoms. The lowest BCUT2D eigenvalue weighted by atomic mass is 10.0. The summed E-state index contributed by atoms with van der Waals surface area (Å²) in [7, 11) is 0. The van der Waals surface area contributed by atoms with Crippen molar-refractivity contribution in [2.75, 3.05) is 6.61 Å². The van der Waals surface area contributed by atoms with E-state index in [1.54, 1.807) is 30.5 Å². The Bertz CT molecular complexity index is 691. The van der Waals surface area contributed by atoms with Crippen molar-refractivity contribution in [3.8, 4) is 11.6 Å². The van der Waals surface area contributed by atoms with E-state index in [0.29, 0.717) is 11.3 Å². The van der Waals surface area contributed by atoms with Gasteiger partial charge in [-0.25, -0.2) is 4.98 Å². The molecule has 0 fully saturated rings. The number of hydrogen-bond acceptors (Lipinski definition) is 4. The maximum Gasteiger partial charge on any atom is 0.257 e. The third-order valence-corrected chi connectivity index (χ3v) is 4.40. The number of nitrogens with one attached hydrogen (secondary N) is 1. The summed E-state index contributed by atoms with van der Waals surface area (Å²) >= 11 is 3.38. The predicted octanol–water partition coefficient (Wildman–Crippen LogP) is 4.16. The summed E-state index contributed by atoms with van der Waals surface area (Å²) in [5, 5.41) is 12.2. The molecule has 0 saturated heterocycles. The first kappa shape index (κ1) is 19.4. The van der Waals surface area contributed by atoms with Crippen molar-refractivity contribution in [1.82, 2.24) is 10.3 Å². The quantitative estimate of drug-likeness (QED) is 0.689. The molecule has 1 aromatic carbocycles. The summed E-state index contributed by atoms with van der Waals surface area (Å²) in [5.41, 5.74) is 0.389. The van der Waals surface area contributed by atoms with E-state index in [1.165, 1.54) is 0 Å². The number of carbonyl (C=O) groups is 1. The molecule has 2 aromatic rings. The molecule has 134 valence electrons. The molecule has 1 amide bonds. The number of halogens is 1. The maximum atomic E-state index is 12.6. The third kappa shape index (κ3) is 5.83. The average molecular weight is 407 g/mol. The second-order valence-electron chi connectivity index (χ2n) is 6.01. The molecule has 0 bridgehead atoms. The van der Waals surface area contributed by atoms with Crippen LogP contribution in [0.4, 0.5) is 0 Å². The van der Waals surface area contributed by atoms with Crippen molar-refractivity contribution < 1.29 is 14.6 Å². The van der Waals surface area contributed by atoms with Crippen LogP contribution in [-0.4, -0.2) is 28.6 Å². The van der Waals surface area contributed by atoms with E-state index in [2.05, 4.69) is 26.2 Å². The molecule has 0 aliphatic rings. The zero-order valence-electron chi connectivity index (χ0n) is 14.4. The van der Waals surface area contributed by atoms with Gasteiger partial charge < -0.3 is 15.2 Å². The Morgan fingerprint density at radius 2 is 2.04 bits per heavy atom. The highest BCUT2D eigenvalue weighted by Crippen LogP contribution is 2.24. The molecular formula is C19H23BrN2O3. The van der Waals surface area contributed by atoms with Gasteiger partial charge in [-0.15, -0.1) is 0 Å². The number of pyridine rings is 1. The number of aliphatic hydroxyl groups is 1. The summed E-state index contributed by atoms with van der Waals surface area (Å²) in [6, 6.07) is 10.7. The summed E-state index contributed by atoms with van der Waals surface area (Å²) in [6.07, 6.45) is 3.11. The topological polar surface area (TPSA) is 71.5 Å². The minimum absolute atomic E-state index is 0.00427. The van der Waals surface area contributed by atoms with Gasteiger partial charge in [-0.05, 0) is 55.2 Å². The van der Waals surface area contributed by atoms with Crippen LogP contribution in [0, 0.1) is 5.92 Å². The summed E-state index contributed by atoms with van der Waals surface area (Å²) in [5.74, 6) is 0.791. The third-order valence-electron chi connectivity index (χ3n) is 3.87. The molecule has 5 nitrogen and oxygen atoms in total. The van der Waals surface area contributed by atoms with Gasteiger partial charge >= 0.3 is 0 Å². The van der Waals surface area contributed by atoms with Gasteiger partial charge in [0.25, 0.3) is 5.91 Å². The first-order valence-electron chi connectivity index (χ1n) is 8.33. The van der Waals surface area contributed by atoms with Crippen LogP contribution in [0.25, 0.3) is 0 Å². The molecule has 2 N–H and O–H groups in total. The largest absolute Gasteiger partial charge is 0.438 e. The smallest absolute Gasteiger partial charge is 0.257 e. The number of aliphatic hydroxyl groups excluding tert-OH is 1. The fraction of sp³-hybridized carbons (Fsp3) is 0.368. The van der Waals surface area contributed by atoms with E-state index < -0.39 is 0 Å². The highest BCUT2D eigenvalue weighted by Gasteiger charge is 2.19. The van der Waals surface area contributed by atoms with Crippen LogP contribution >= 0.6 is 15.9 Å². The summed E-state index contributed by atoms with van der Waals surface area (Å²) < 4.78 is 6.72. The average Bonchev–Trinajstić information content (AvgIpc) is 2.63. The molecule has 0 aliphatic carbocycles. The van der Waals surface area contributed by atoms with Gasteiger partial charge in [-0.1, -0.05) is 29.8 Å². The summed E-state index contributed by atoms with van der Waals surface area (Å²) in [6.45, 7) is 4.08. The van der Waals surface area contributed by atoms with Crippen LogP contribution in [-0.2, 0) is 0 Å². The van der Waals surface area contributed by atoms with Crippen LogP contribution in [0.5, 0.6) is 11.6 Å². The molecule has 1 heterocycles. The lowest BCUT2D eigenvalue weighted by Crippen LogP contribution is -2.36. The molecule has 0 aliphatic heterocycles. The Balaban J connectivity index is 2.12. The monoisotopic (exact) mass is 406 g/mol. The standard InChI is InChI=1S/C19H23BrN2O3/c1-3-15(11-13(2)12-23)22-18(24)17-5-4-10-21-19(17)25-16-8-6-14(20)7-9-16/h4-10,13,15,23H,3,11-12H2,1-2H3,(H,22,24)/t13-,15-/m0/s1. The number of carbonyl (C=O) groups excluding carboxylic acids is 1. The van der Waals surface area contributed by atoms with E-state index in [4.69, 9.17) is 4.74 Å². The van der Waals surface area contributed by atoms with Crippen LogP contribution in [0.3, 0.4) is 0 Å². The SMILES string of the molecule is CC[C@@H](C[C@H](C)CO)NC(=O)c1cccnc1Oc1ccc(Br)cc1. The van der Waals surface area contributed by atoms with E-state index in [-0.39, 0.29) is 30.4 Å². The molecule has 0 radical (unpaired) electrons. The molecule has 0 unspecified atom stereocenters. The van der Waals surface area contributed by atoms with Crippen molar-refractivity contribution >= 4 is 21.8 Å². The number of aromatic nitrogens is 1. The minimum atomic E-state index is -0.225. The number of rotatable bonds is 8. The van der Waals surface area contributed by atoms with Gasteiger partial charge in [0, 0.05) is 23.3 Å². The van der Waals surface area contributed by atoms with E-state index in [9.17, 15) is 9.90 Å². The van der Waals surface area contributed by atoms with Gasteiger partial charge in [-0.2, -0.15) is 0 Å². The van der Waals surface area contributed by atoms with E-state index >= 15 is 0 Å². The normalized spacial score (nSPS) is 13.1. The van der Waals surface area contributed by atoms with Crippen LogP contribution in [0.15, 0.2) is 47.1 Å². The zero-order valence-corrected chi connectivity index (χ0v) is 16.0. The lowest BCUT2D eigenvalue weighted by molar-refractivity contribution is 0.0922. The molecule has 2 rings (SSSR count). The van der Waals surface area contributed by atoms with Crippen molar-refractivity contribution in [3.05, 3.63) is 52.6 Å². The van der Waals surface area contributed by atoms with Gasteiger partial charge in [0.2, 0.25) is 5.88 Å².